The summed E-state index contributed by atoms with van der Waals surface area (Å²) in [5, 5.41) is 9.81. The molecule has 4 nitrogen and oxygen atoms in total. The van der Waals surface area contributed by atoms with Gasteiger partial charge in [0, 0.05) is 17.6 Å². The largest absolute Gasteiger partial charge is 0.493 e. The third kappa shape index (κ3) is 2.38. The first-order chi connectivity index (χ1) is 9.08. The Bertz CT molecular complexity index is 705. The highest BCUT2D eigenvalue weighted by Crippen LogP contribution is 2.31. The molecule has 0 saturated carbocycles. The van der Waals surface area contributed by atoms with Crippen molar-refractivity contribution in [3.05, 3.63) is 34.5 Å². The molecule has 0 spiro atoms. The molecule has 0 atom stereocenters. The van der Waals surface area contributed by atoms with E-state index in [2.05, 4.69) is 4.98 Å². The van der Waals surface area contributed by atoms with Crippen molar-refractivity contribution < 1.29 is 9.53 Å². The Morgan fingerprint density at radius 1 is 1.53 bits per heavy atom. The number of pyridine rings is 1. The smallest absolute Gasteiger partial charge is 0.163 e. The molecule has 0 amide bonds. The number of carbonyl (C=O) groups excluding carboxylic acids is 1. The summed E-state index contributed by atoms with van der Waals surface area (Å²) < 4.78 is 5.43. The monoisotopic (exact) mass is 274 g/mol. The highest BCUT2D eigenvalue weighted by Gasteiger charge is 2.14. The number of fused-ring (bicyclic) bond motifs is 1. The zero-order chi connectivity index (χ0) is 14.0. The number of halogens is 1. The van der Waals surface area contributed by atoms with Crippen molar-refractivity contribution >= 4 is 28.3 Å². The van der Waals surface area contributed by atoms with E-state index in [0.29, 0.717) is 33.8 Å². The normalized spacial score (nSPS) is 10.2. The third-order valence-corrected chi connectivity index (χ3v) is 3.11. The number of rotatable bonds is 3. The maximum atomic E-state index is 11.6. The van der Waals surface area contributed by atoms with Crippen molar-refractivity contribution in [3.63, 3.8) is 0 Å². The van der Waals surface area contributed by atoms with Gasteiger partial charge in [-0.05, 0) is 19.9 Å². The van der Waals surface area contributed by atoms with E-state index in [1.807, 2.05) is 13.0 Å². The lowest BCUT2D eigenvalue weighted by atomic mass is 10.1. The Kier molecular flexibility index (Phi) is 3.68. The van der Waals surface area contributed by atoms with Gasteiger partial charge in [0.05, 0.1) is 28.3 Å². The van der Waals surface area contributed by atoms with Crippen LogP contribution in [0, 0.1) is 11.3 Å². The van der Waals surface area contributed by atoms with Crippen LogP contribution in [-0.4, -0.2) is 17.4 Å². The van der Waals surface area contributed by atoms with Gasteiger partial charge in [-0.3, -0.25) is 9.78 Å². The van der Waals surface area contributed by atoms with Crippen LogP contribution >= 0.6 is 11.6 Å². The van der Waals surface area contributed by atoms with Gasteiger partial charge in [-0.2, -0.15) is 5.26 Å². The predicted molar refractivity (Wildman–Crippen MR) is 72.6 cm³/mol. The zero-order valence-electron chi connectivity index (χ0n) is 10.5. The molecule has 0 aliphatic heterocycles. The number of carbonyl (C=O) groups is 1. The van der Waals surface area contributed by atoms with E-state index in [9.17, 15) is 4.79 Å². The van der Waals surface area contributed by atoms with E-state index in [0.717, 1.165) is 0 Å². The summed E-state index contributed by atoms with van der Waals surface area (Å²) in [5.74, 6) is 0.361. The standard InChI is InChI=1S/C14H11ClN2O2/c1-3-19-13-5-12-11(4-10(13)8(2)18)14(15)9(6-16)7-17-12/h4-5,7H,3H2,1-2H3. The van der Waals surface area contributed by atoms with Gasteiger partial charge < -0.3 is 4.74 Å². The van der Waals surface area contributed by atoms with Crippen LogP contribution in [-0.2, 0) is 0 Å². The molecule has 1 aromatic heterocycles. The van der Waals surface area contributed by atoms with Crippen molar-refractivity contribution in [2.75, 3.05) is 6.61 Å². The quantitative estimate of drug-likeness (QED) is 0.805. The summed E-state index contributed by atoms with van der Waals surface area (Å²) in [7, 11) is 0. The van der Waals surface area contributed by atoms with E-state index in [1.54, 1.807) is 12.1 Å². The number of nitriles is 1. The van der Waals surface area contributed by atoms with E-state index < -0.39 is 0 Å². The van der Waals surface area contributed by atoms with Crippen molar-refractivity contribution in [3.8, 4) is 11.8 Å². The number of nitrogens with zero attached hydrogens (tertiary/aromatic N) is 2. The van der Waals surface area contributed by atoms with Gasteiger partial charge in [-0.25, -0.2) is 0 Å². The Morgan fingerprint density at radius 2 is 2.26 bits per heavy atom. The van der Waals surface area contributed by atoms with Crippen LogP contribution in [0.1, 0.15) is 29.8 Å². The van der Waals surface area contributed by atoms with Gasteiger partial charge in [0.25, 0.3) is 0 Å². The fourth-order valence-corrected chi connectivity index (χ4v) is 2.06. The average molecular weight is 275 g/mol. The maximum absolute atomic E-state index is 11.6. The molecule has 5 heteroatoms. The molecule has 0 fully saturated rings. The van der Waals surface area contributed by atoms with Gasteiger partial charge in [0.15, 0.2) is 5.78 Å². The Labute approximate surface area is 115 Å². The second-order valence-corrected chi connectivity index (χ2v) is 4.33. The number of hydrogen-bond acceptors (Lipinski definition) is 4. The molecule has 0 bridgehead atoms. The van der Waals surface area contributed by atoms with Gasteiger partial charge in [-0.1, -0.05) is 11.6 Å². The van der Waals surface area contributed by atoms with Crippen LogP contribution in [0.5, 0.6) is 5.75 Å². The first-order valence-electron chi connectivity index (χ1n) is 5.74. The van der Waals surface area contributed by atoms with E-state index in [1.165, 1.54) is 13.1 Å². The molecule has 0 aliphatic rings. The van der Waals surface area contributed by atoms with Gasteiger partial charge >= 0.3 is 0 Å². The van der Waals surface area contributed by atoms with Crippen LogP contribution < -0.4 is 4.74 Å². The first-order valence-corrected chi connectivity index (χ1v) is 6.12. The summed E-state index contributed by atoms with van der Waals surface area (Å²) in [6.07, 6.45) is 1.41. The number of aromatic nitrogens is 1. The molecule has 2 rings (SSSR count). The summed E-state index contributed by atoms with van der Waals surface area (Å²) >= 11 is 6.13. The van der Waals surface area contributed by atoms with Crippen molar-refractivity contribution in [1.82, 2.24) is 4.98 Å². The van der Waals surface area contributed by atoms with Crippen LogP contribution in [0.4, 0.5) is 0 Å². The molecule has 0 radical (unpaired) electrons. The fourth-order valence-electron chi connectivity index (χ4n) is 1.82. The van der Waals surface area contributed by atoms with Crippen LogP contribution in [0.15, 0.2) is 18.3 Å². The second-order valence-electron chi connectivity index (χ2n) is 3.95. The molecule has 0 saturated heterocycles. The second kappa shape index (κ2) is 5.25. The number of benzene rings is 1. The third-order valence-electron chi connectivity index (χ3n) is 2.70. The Balaban J connectivity index is 2.78. The molecule has 96 valence electrons. The molecule has 19 heavy (non-hydrogen) atoms. The van der Waals surface area contributed by atoms with E-state index in [4.69, 9.17) is 21.6 Å². The van der Waals surface area contributed by atoms with Gasteiger partial charge in [0.2, 0.25) is 0 Å². The fraction of sp³-hybridized carbons (Fsp3) is 0.214. The van der Waals surface area contributed by atoms with E-state index in [-0.39, 0.29) is 11.3 Å². The highest BCUT2D eigenvalue weighted by atomic mass is 35.5. The van der Waals surface area contributed by atoms with Crippen LogP contribution in [0.25, 0.3) is 10.9 Å². The molecule has 1 aromatic carbocycles. The molecule has 0 N–H and O–H groups in total. The molecular weight excluding hydrogens is 264 g/mol. The SMILES string of the molecule is CCOc1cc2ncc(C#N)c(Cl)c2cc1C(C)=O. The lowest BCUT2D eigenvalue weighted by Gasteiger charge is -2.10. The lowest BCUT2D eigenvalue weighted by molar-refractivity contribution is 0.101. The minimum atomic E-state index is -0.122. The molecule has 2 aromatic rings. The zero-order valence-corrected chi connectivity index (χ0v) is 11.3. The number of hydrogen-bond donors (Lipinski definition) is 0. The van der Waals surface area contributed by atoms with Crippen molar-refractivity contribution in [2.45, 2.75) is 13.8 Å². The van der Waals surface area contributed by atoms with Crippen molar-refractivity contribution in [1.29, 1.82) is 5.26 Å². The first kappa shape index (κ1) is 13.3. The number of ether oxygens (including phenoxy) is 1. The minimum Gasteiger partial charge on any atom is -0.493 e. The lowest BCUT2D eigenvalue weighted by Crippen LogP contribution is -2.01. The minimum absolute atomic E-state index is 0.122. The summed E-state index contributed by atoms with van der Waals surface area (Å²) in [4.78, 5) is 15.8. The molecule has 0 aliphatic carbocycles. The molecule has 1 heterocycles. The van der Waals surface area contributed by atoms with Gasteiger partial charge in [0.1, 0.15) is 11.8 Å². The highest BCUT2D eigenvalue weighted by molar-refractivity contribution is 6.36. The number of Topliss-reactive ketones (excluding diaryl/α,β-unsaturated/α-hetero) is 1. The molecular formula is C14H11ClN2O2. The predicted octanol–water partition coefficient (Wildman–Crippen LogP) is 3.36. The Morgan fingerprint density at radius 3 is 2.84 bits per heavy atom. The van der Waals surface area contributed by atoms with Gasteiger partial charge in [-0.15, -0.1) is 0 Å². The van der Waals surface area contributed by atoms with Crippen molar-refractivity contribution in [2.24, 2.45) is 0 Å². The summed E-state index contributed by atoms with van der Waals surface area (Å²) in [6, 6.07) is 5.26. The Hall–Kier alpha value is -2.12. The average Bonchev–Trinajstić information content (AvgIpc) is 2.39. The van der Waals surface area contributed by atoms with Crippen LogP contribution in [0.3, 0.4) is 0 Å². The van der Waals surface area contributed by atoms with Crippen LogP contribution in [0.2, 0.25) is 5.02 Å². The number of ketones is 1. The topological polar surface area (TPSA) is 63.0 Å². The van der Waals surface area contributed by atoms with E-state index >= 15 is 0 Å². The summed E-state index contributed by atoms with van der Waals surface area (Å²) in [6.45, 7) is 3.75. The maximum Gasteiger partial charge on any atom is 0.163 e. The summed E-state index contributed by atoms with van der Waals surface area (Å²) in [5.41, 5.74) is 1.32. The molecule has 0 unspecified atom stereocenters.